The predicted molar refractivity (Wildman–Crippen MR) is 124 cm³/mol. The molecular formula is C22H30BrClN2O6. The molecule has 2 aliphatic heterocycles. The third kappa shape index (κ3) is 5.99. The second kappa shape index (κ2) is 10.5. The Morgan fingerprint density at radius 1 is 1.28 bits per heavy atom. The molecule has 1 N–H and O–H groups in total. The summed E-state index contributed by atoms with van der Waals surface area (Å²) in [6.07, 6.45) is 0.815. The van der Waals surface area contributed by atoms with Gasteiger partial charge >= 0.3 is 6.09 Å². The van der Waals surface area contributed by atoms with E-state index in [1.807, 2.05) is 20.8 Å². The molecule has 2 heterocycles. The van der Waals surface area contributed by atoms with Gasteiger partial charge in [0.05, 0.1) is 40.9 Å². The first-order chi connectivity index (χ1) is 15.1. The third-order valence-corrected chi connectivity index (χ3v) is 6.65. The maximum atomic E-state index is 13.0. The molecule has 32 heavy (non-hydrogen) atoms. The maximum absolute atomic E-state index is 13.0. The Morgan fingerprint density at radius 3 is 2.62 bits per heavy atom. The van der Waals surface area contributed by atoms with Gasteiger partial charge in [-0.3, -0.25) is 4.79 Å². The van der Waals surface area contributed by atoms with Gasteiger partial charge in [0.15, 0.2) is 11.5 Å². The average molecular weight is 534 g/mol. The molecule has 1 fully saturated rings. The molecule has 1 aromatic rings. The highest BCUT2D eigenvalue weighted by atomic mass is 79.9. The van der Waals surface area contributed by atoms with Gasteiger partial charge in [0.25, 0.3) is 5.91 Å². The Kier molecular flexibility index (Phi) is 8.16. The Hall–Kier alpha value is -1.71. The third-order valence-electron chi connectivity index (χ3n) is 5.33. The van der Waals surface area contributed by atoms with Crippen molar-refractivity contribution in [1.82, 2.24) is 10.2 Å². The highest BCUT2D eigenvalue weighted by molar-refractivity contribution is 9.10. The molecule has 1 saturated heterocycles. The summed E-state index contributed by atoms with van der Waals surface area (Å²) in [7, 11) is 1.61. The number of nitrogens with zero attached hydrogens (tertiary/aromatic N) is 1. The van der Waals surface area contributed by atoms with E-state index in [1.165, 1.54) is 0 Å². The van der Waals surface area contributed by atoms with Gasteiger partial charge in [-0.15, -0.1) is 0 Å². The number of rotatable bonds is 4. The monoisotopic (exact) mass is 532 g/mol. The Morgan fingerprint density at radius 2 is 1.97 bits per heavy atom. The summed E-state index contributed by atoms with van der Waals surface area (Å²) in [4.78, 5) is 27.1. The molecule has 1 aromatic carbocycles. The van der Waals surface area contributed by atoms with E-state index in [9.17, 15) is 9.59 Å². The molecule has 10 heteroatoms. The number of methoxy groups -OCH3 is 1. The zero-order chi connectivity index (χ0) is 23.5. The van der Waals surface area contributed by atoms with Crippen LogP contribution in [0.15, 0.2) is 10.5 Å². The molecule has 0 spiro atoms. The van der Waals surface area contributed by atoms with Crippen LogP contribution in [-0.4, -0.2) is 68.6 Å². The number of likely N-dealkylation sites (tertiary alicyclic amines) is 1. The van der Waals surface area contributed by atoms with Crippen molar-refractivity contribution in [1.29, 1.82) is 0 Å². The molecule has 2 atom stereocenters. The van der Waals surface area contributed by atoms with Gasteiger partial charge in [-0.2, -0.15) is 0 Å². The number of carbonyl (C=O) groups excluding carboxylic acids is 2. The summed E-state index contributed by atoms with van der Waals surface area (Å²) in [5.41, 5.74) is -0.226. The van der Waals surface area contributed by atoms with E-state index in [4.69, 9.17) is 30.5 Å². The molecule has 2 aliphatic rings. The minimum Gasteiger partial charge on any atom is -0.489 e. The average Bonchev–Trinajstić information content (AvgIpc) is 2.99. The van der Waals surface area contributed by atoms with Crippen molar-refractivity contribution < 1.29 is 28.5 Å². The van der Waals surface area contributed by atoms with Crippen LogP contribution < -0.4 is 14.8 Å². The van der Waals surface area contributed by atoms with Crippen LogP contribution in [0.5, 0.6) is 11.5 Å². The molecule has 3 rings (SSSR count). The van der Waals surface area contributed by atoms with Crippen molar-refractivity contribution >= 4 is 39.5 Å². The molecule has 0 aromatic heterocycles. The summed E-state index contributed by atoms with van der Waals surface area (Å²) in [6, 6.07) is 1.58. The summed E-state index contributed by atoms with van der Waals surface area (Å²) >= 11 is 9.71. The van der Waals surface area contributed by atoms with Crippen molar-refractivity contribution in [2.24, 2.45) is 5.92 Å². The quantitative estimate of drug-likeness (QED) is 0.622. The first-order valence-electron chi connectivity index (χ1n) is 10.7. The van der Waals surface area contributed by atoms with E-state index in [-0.39, 0.29) is 24.0 Å². The molecule has 8 nitrogen and oxygen atoms in total. The highest BCUT2D eigenvalue weighted by Gasteiger charge is 2.34. The van der Waals surface area contributed by atoms with Gasteiger partial charge < -0.3 is 29.2 Å². The number of hydrogen-bond acceptors (Lipinski definition) is 6. The smallest absolute Gasteiger partial charge is 0.410 e. The lowest BCUT2D eigenvalue weighted by atomic mass is 9.93. The van der Waals surface area contributed by atoms with Crippen LogP contribution in [0, 0.1) is 5.92 Å². The number of benzene rings is 1. The summed E-state index contributed by atoms with van der Waals surface area (Å²) in [5, 5.41) is 3.34. The molecule has 2 amide bonds. The summed E-state index contributed by atoms with van der Waals surface area (Å²) < 4.78 is 23.2. The lowest BCUT2D eigenvalue weighted by molar-refractivity contribution is -0.0280. The van der Waals surface area contributed by atoms with Crippen LogP contribution in [0.1, 0.15) is 44.0 Å². The maximum Gasteiger partial charge on any atom is 0.410 e. The number of piperidine rings is 1. The molecule has 0 saturated carbocycles. The zero-order valence-electron chi connectivity index (χ0n) is 18.8. The van der Waals surface area contributed by atoms with E-state index >= 15 is 0 Å². The lowest BCUT2D eigenvalue weighted by Crippen LogP contribution is -2.51. The normalized spacial score (nSPS) is 21.0. The fourth-order valence-corrected chi connectivity index (χ4v) is 4.32. The van der Waals surface area contributed by atoms with Crippen molar-refractivity contribution in [2.45, 2.75) is 45.3 Å². The van der Waals surface area contributed by atoms with Crippen molar-refractivity contribution in [3.05, 3.63) is 21.1 Å². The van der Waals surface area contributed by atoms with Crippen LogP contribution in [0.25, 0.3) is 0 Å². The number of carbonyl (C=O) groups is 2. The van der Waals surface area contributed by atoms with Crippen LogP contribution in [0.4, 0.5) is 4.79 Å². The van der Waals surface area contributed by atoms with E-state index in [0.29, 0.717) is 72.2 Å². The predicted octanol–water partition coefficient (Wildman–Crippen LogP) is 4.27. The van der Waals surface area contributed by atoms with E-state index in [0.717, 1.165) is 0 Å². The van der Waals surface area contributed by atoms with E-state index in [1.54, 1.807) is 18.1 Å². The van der Waals surface area contributed by atoms with Gasteiger partial charge in [-0.1, -0.05) is 11.6 Å². The molecular weight excluding hydrogens is 504 g/mol. The van der Waals surface area contributed by atoms with E-state index < -0.39 is 5.60 Å². The molecule has 0 aliphatic carbocycles. The second-order valence-corrected chi connectivity index (χ2v) is 10.1. The Balaban J connectivity index is 1.65. The van der Waals surface area contributed by atoms with Gasteiger partial charge in [0.1, 0.15) is 5.60 Å². The number of nitrogens with one attached hydrogen (secondary N) is 1. The number of ether oxygens (including phenoxy) is 4. The Labute approximate surface area is 202 Å². The number of fused-ring (bicyclic) bond motifs is 1. The van der Waals surface area contributed by atoms with Crippen LogP contribution in [-0.2, 0) is 9.47 Å². The van der Waals surface area contributed by atoms with Crippen molar-refractivity contribution in [3.8, 4) is 11.5 Å². The highest BCUT2D eigenvalue weighted by Crippen LogP contribution is 2.44. The molecule has 0 bridgehead atoms. The molecule has 178 valence electrons. The van der Waals surface area contributed by atoms with Gasteiger partial charge in [0, 0.05) is 32.5 Å². The Bertz CT molecular complexity index is 860. The van der Waals surface area contributed by atoms with Crippen LogP contribution >= 0.6 is 27.5 Å². The number of halogens is 2. The van der Waals surface area contributed by atoms with E-state index in [2.05, 4.69) is 21.2 Å². The first kappa shape index (κ1) is 24.9. The fraction of sp³-hybridized carbons (Fsp3) is 0.636. The lowest BCUT2D eigenvalue weighted by Gasteiger charge is -2.38. The van der Waals surface area contributed by atoms with Gasteiger partial charge in [-0.05, 0) is 49.2 Å². The molecule has 0 radical (unpaired) electrons. The van der Waals surface area contributed by atoms with Gasteiger partial charge in [-0.25, -0.2) is 4.79 Å². The largest absolute Gasteiger partial charge is 0.489 e. The topological polar surface area (TPSA) is 86.3 Å². The SMILES string of the molecule is COC1CN(C(=O)OC(C)(C)C)CC[C@H]1CNC(=O)c1cc(Cl)c(Br)c2c1OCCCO2. The zero-order valence-corrected chi connectivity index (χ0v) is 21.2. The van der Waals surface area contributed by atoms with Crippen molar-refractivity contribution in [2.75, 3.05) is 40.0 Å². The minimum absolute atomic E-state index is 0.0457. The summed E-state index contributed by atoms with van der Waals surface area (Å²) in [5.74, 6) is 0.579. The standard InChI is InChI=1S/C22H30BrClN2O6/c1-22(2,3)32-21(28)26-7-6-13(16(12-26)29-4)11-25-20(27)14-10-15(24)17(23)19-18(14)30-8-5-9-31-19/h10,13,16H,5-9,11-12H2,1-4H3,(H,25,27)/t13-,16?/m0/s1. The summed E-state index contributed by atoms with van der Waals surface area (Å²) in [6.45, 7) is 7.78. The number of amides is 2. The fourth-order valence-electron chi connectivity index (χ4n) is 3.71. The first-order valence-corrected chi connectivity index (χ1v) is 11.8. The van der Waals surface area contributed by atoms with Crippen LogP contribution in [0.2, 0.25) is 5.02 Å². The van der Waals surface area contributed by atoms with Crippen LogP contribution in [0.3, 0.4) is 0 Å². The minimum atomic E-state index is -0.555. The second-order valence-electron chi connectivity index (χ2n) is 8.89. The van der Waals surface area contributed by atoms with Gasteiger partial charge in [0.2, 0.25) is 0 Å². The number of hydrogen-bond donors (Lipinski definition) is 1. The molecule has 1 unspecified atom stereocenters. The van der Waals surface area contributed by atoms with Crippen molar-refractivity contribution in [3.63, 3.8) is 0 Å².